The minimum atomic E-state index is -0.161. The van der Waals surface area contributed by atoms with Gasteiger partial charge < -0.3 is 4.74 Å². The maximum absolute atomic E-state index is 12.3. The second kappa shape index (κ2) is 7.39. The number of hydrogen-bond acceptors (Lipinski definition) is 4. The molecular formula is C21H28N2O2S. The van der Waals surface area contributed by atoms with E-state index in [1.54, 1.807) is 11.3 Å². The zero-order valence-corrected chi connectivity index (χ0v) is 17.1. The zero-order chi connectivity index (χ0) is 18.9. The highest BCUT2D eigenvalue weighted by molar-refractivity contribution is 7.15. The number of anilines is 1. The molecule has 1 N–H and O–H groups in total. The van der Waals surface area contributed by atoms with Crippen LogP contribution in [-0.2, 0) is 17.6 Å². The van der Waals surface area contributed by atoms with E-state index < -0.39 is 0 Å². The Kier molecular flexibility index (Phi) is 5.37. The summed E-state index contributed by atoms with van der Waals surface area (Å²) in [7, 11) is 0. The lowest BCUT2D eigenvalue weighted by molar-refractivity contribution is -0.118. The summed E-state index contributed by atoms with van der Waals surface area (Å²) in [5.41, 5.74) is 3.54. The van der Waals surface area contributed by atoms with E-state index in [2.05, 4.69) is 31.1 Å². The number of amides is 1. The number of thiazole rings is 1. The molecule has 1 aromatic carbocycles. The smallest absolute Gasteiger partial charge is 0.264 e. The molecule has 0 radical (unpaired) electrons. The fourth-order valence-electron chi connectivity index (χ4n) is 3.49. The van der Waals surface area contributed by atoms with E-state index in [-0.39, 0.29) is 12.5 Å². The van der Waals surface area contributed by atoms with Crippen molar-refractivity contribution in [3.63, 3.8) is 0 Å². The van der Waals surface area contributed by atoms with Gasteiger partial charge in [0.15, 0.2) is 11.7 Å². The Morgan fingerprint density at radius 2 is 2.00 bits per heavy atom. The quantitative estimate of drug-likeness (QED) is 0.828. The van der Waals surface area contributed by atoms with E-state index in [1.165, 1.54) is 11.3 Å². The van der Waals surface area contributed by atoms with Crippen molar-refractivity contribution >= 4 is 22.4 Å². The fourth-order valence-corrected chi connectivity index (χ4v) is 4.59. The van der Waals surface area contributed by atoms with Crippen molar-refractivity contribution in [1.82, 2.24) is 4.98 Å². The maximum atomic E-state index is 12.3. The van der Waals surface area contributed by atoms with E-state index in [1.807, 2.05) is 32.0 Å². The van der Waals surface area contributed by atoms with Gasteiger partial charge in [0.2, 0.25) is 0 Å². The van der Waals surface area contributed by atoms with Crippen LogP contribution in [-0.4, -0.2) is 17.5 Å². The third kappa shape index (κ3) is 4.26. The molecule has 0 aliphatic heterocycles. The second-order valence-corrected chi connectivity index (χ2v) is 9.34. The van der Waals surface area contributed by atoms with E-state index >= 15 is 0 Å². The van der Waals surface area contributed by atoms with Crippen LogP contribution < -0.4 is 10.1 Å². The molecule has 1 aliphatic rings. The van der Waals surface area contributed by atoms with Crippen LogP contribution in [0.1, 0.15) is 48.9 Å². The summed E-state index contributed by atoms with van der Waals surface area (Å²) in [6.07, 6.45) is 3.23. The zero-order valence-electron chi connectivity index (χ0n) is 16.3. The van der Waals surface area contributed by atoms with Gasteiger partial charge in [0.1, 0.15) is 5.75 Å². The number of carbonyl (C=O) groups is 1. The van der Waals surface area contributed by atoms with E-state index in [0.717, 1.165) is 35.4 Å². The minimum absolute atomic E-state index is 0.000552. The lowest BCUT2D eigenvalue weighted by Gasteiger charge is -2.33. The van der Waals surface area contributed by atoms with Crippen molar-refractivity contribution in [3.8, 4) is 5.75 Å². The molecule has 0 bridgehead atoms. The molecule has 26 heavy (non-hydrogen) atoms. The fraction of sp³-hybridized carbons (Fsp3) is 0.524. The SMILES string of the molecule is Cc1cccc(C)c1OCC(=O)Nc1nc2c(s1)CC(C(C)(C)C)CC2. The number of nitrogens with one attached hydrogen (secondary N) is 1. The lowest BCUT2D eigenvalue weighted by Crippen LogP contribution is -2.26. The average molecular weight is 373 g/mol. The first-order valence-electron chi connectivity index (χ1n) is 9.21. The number of nitrogens with zero attached hydrogens (tertiary/aromatic N) is 1. The number of benzene rings is 1. The van der Waals surface area contributed by atoms with Crippen LogP contribution in [0.3, 0.4) is 0 Å². The molecule has 4 nitrogen and oxygen atoms in total. The summed E-state index contributed by atoms with van der Waals surface area (Å²) in [5.74, 6) is 1.30. The molecular weight excluding hydrogens is 344 g/mol. The first kappa shape index (κ1) is 18.9. The van der Waals surface area contributed by atoms with Gasteiger partial charge >= 0.3 is 0 Å². The normalized spacial score (nSPS) is 16.9. The van der Waals surface area contributed by atoms with Gasteiger partial charge in [0.05, 0.1) is 5.69 Å². The Labute approximate surface area is 160 Å². The summed E-state index contributed by atoms with van der Waals surface area (Å²) >= 11 is 1.61. The van der Waals surface area contributed by atoms with Crippen molar-refractivity contribution in [2.45, 2.75) is 53.9 Å². The minimum Gasteiger partial charge on any atom is -0.483 e. The molecule has 0 saturated heterocycles. The molecule has 0 fully saturated rings. The number of fused-ring (bicyclic) bond motifs is 1. The molecule has 5 heteroatoms. The third-order valence-corrected chi connectivity index (χ3v) is 6.20. The summed E-state index contributed by atoms with van der Waals surface area (Å²) in [4.78, 5) is 18.2. The maximum Gasteiger partial charge on any atom is 0.264 e. The summed E-state index contributed by atoms with van der Waals surface area (Å²) < 4.78 is 5.73. The van der Waals surface area contributed by atoms with Crippen LogP contribution >= 0.6 is 11.3 Å². The number of aryl methyl sites for hydroxylation is 3. The van der Waals surface area contributed by atoms with Crippen molar-refractivity contribution < 1.29 is 9.53 Å². The number of carbonyl (C=O) groups excluding carboxylic acids is 1. The molecule has 2 aromatic rings. The summed E-state index contributed by atoms with van der Waals surface area (Å²) in [6, 6.07) is 5.96. The van der Waals surface area contributed by atoms with Crippen LogP contribution in [0.25, 0.3) is 0 Å². The molecule has 0 spiro atoms. The van der Waals surface area contributed by atoms with Gasteiger partial charge in [-0.3, -0.25) is 10.1 Å². The van der Waals surface area contributed by atoms with Gasteiger partial charge in [-0.2, -0.15) is 0 Å². The lowest BCUT2D eigenvalue weighted by atomic mass is 9.73. The van der Waals surface area contributed by atoms with Crippen LogP contribution in [0.5, 0.6) is 5.75 Å². The van der Waals surface area contributed by atoms with Crippen LogP contribution in [0.2, 0.25) is 0 Å². The number of ether oxygens (including phenoxy) is 1. The van der Waals surface area contributed by atoms with Gasteiger partial charge in [0, 0.05) is 4.88 Å². The highest BCUT2D eigenvalue weighted by atomic mass is 32.1. The predicted octanol–water partition coefficient (Wildman–Crippen LogP) is 4.93. The van der Waals surface area contributed by atoms with Gasteiger partial charge in [-0.15, -0.1) is 11.3 Å². The first-order valence-corrected chi connectivity index (χ1v) is 10.0. The van der Waals surface area contributed by atoms with Gasteiger partial charge in [0.25, 0.3) is 5.91 Å². The predicted molar refractivity (Wildman–Crippen MR) is 107 cm³/mol. The Morgan fingerprint density at radius 3 is 2.65 bits per heavy atom. The van der Waals surface area contributed by atoms with E-state index in [0.29, 0.717) is 16.5 Å². The molecule has 1 amide bonds. The number of para-hydroxylation sites is 1. The molecule has 1 aromatic heterocycles. The van der Waals surface area contributed by atoms with Gasteiger partial charge in [-0.25, -0.2) is 4.98 Å². The molecule has 1 unspecified atom stereocenters. The molecule has 3 rings (SSSR count). The van der Waals surface area contributed by atoms with E-state index in [9.17, 15) is 4.79 Å². The second-order valence-electron chi connectivity index (χ2n) is 8.25. The number of hydrogen-bond donors (Lipinski definition) is 1. The monoisotopic (exact) mass is 372 g/mol. The average Bonchev–Trinajstić information content (AvgIpc) is 2.94. The largest absolute Gasteiger partial charge is 0.483 e. The molecule has 1 aliphatic carbocycles. The topological polar surface area (TPSA) is 51.2 Å². The van der Waals surface area contributed by atoms with Gasteiger partial charge in [-0.05, 0) is 55.6 Å². The molecule has 0 saturated carbocycles. The van der Waals surface area contributed by atoms with Crippen molar-refractivity contribution in [3.05, 3.63) is 39.9 Å². The number of aromatic nitrogens is 1. The van der Waals surface area contributed by atoms with Crippen molar-refractivity contribution in [1.29, 1.82) is 0 Å². The van der Waals surface area contributed by atoms with Crippen LogP contribution in [0.15, 0.2) is 18.2 Å². The van der Waals surface area contributed by atoms with E-state index in [4.69, 9.17) is 4.74 Å². The Bertz CT molecular complexity index is 785. The third-order valence-electron chi connectivity index (χ3n) is 5.17. The Hall–Kier alpha value is -1.88. The van der Waals surface area contributed by atoms with Crippen LogP contribution in [0.4, 0.5) is 5.13 Å². The van der Waals surface area contributed by atoms with Crippen LogP contribution in [0, 0.1) is 25.2 Å². The highest BCUT2D eigenvalue weighted by Crippen LogP contribution is 2.40. The standard InChI is InChI=1S/C21H28N2O2S/c1-13-7-6-8-14(2)19(13)25-12-18(24)23-20-22-16-10-9-15(21(3,4)5)11-17(16)26-20/h6-8,15H,9-12H2,1-5H3,(H,22,23,24). The Balaban J connectivity index is 1.60. The summed E-state index contributed by atoms with van der Waals surface area (Å²) in [5, 5.41) is 3.60. The molecule has 1 atom stereocenters. The van der Waals surface area contributed by atoms with Crippen molar-refractivity contribution in [2.75, 3.05) is 11.9 Å². The van der Waals surface area contributed by atoms with Gasteiger partial charge in [-0.1, -0.05) is 39.0 Å². The molecule has 1 heterocycles. The Morgan fingerprint density at radius 1 is 1.31 bits per heavy atom. The molecule has 140 valence electrons. The first-order chi connectivity index (χ1) is 12.2. The summed E-state index contributed by atoms with van der Waals surface area (Å²) in [6.45, 7) is 10.9. The number of rotatable bonds is 4. The highest BCUT2D eigenvalue weighted by Gasteiger charge is 2.30. The van der Waals surface area contributed by atoms with Crippen molar-refractivity contribution in [2.24, 2.45) is 11.3 Å².